The molecule has 2 atom stereocenters. The SMILES string of the molecule is COc1ccc(NC(=O)OC2CCCC(N)C2)cc1. The van der Waals surface area contributed by atoms with E-state index in [9.17, 15) is 4.79 Å². The van der Waals surface area contributed by atoms with Crippen molar-refractivity contribution in [1.82, 2.24) is 0 Å². The minimum Gasteiger partial charge on any atom is -0.497 e. The van der Waals surface area contributed by atoms with Crippen LogP contribution in [-0.2, 0) is 4.74 Å². The molecular formula is C14H20N2O3. The van der Waals surface area contributed by atoms with E-state index in [1.165, 1.54) is 0 Å². The molecule has 1 aromatic rings. The van der Waals surface area contributed by atoms with Crippen molar-refractivity contribution in [3.05, 3.63) is 24.3 Å². The highest BCUT2D eigenvalue weighted by molar-refractivity contribution is 5.84. The molecule has 3 N–H and O–H groups in total. The zero-order chi connectivity index (χ0) is 13.7. The molecule has 1 aliphatic rings. The van der Waals surface area contributed by atoms with Gasteiger partial charge in [-0.2, -0.15) is 0 Å². The van der Waals surface area contributed by atoms with Crippen LogP contribution in [0.4, 0.5) is 10.5 Å². The summed E-state index contributed by atoms with van der Waals surface area (Å²) in [6, 6.07) is 7.25. The van der Waals surface area contributed by atoms with Crippen LogP contribution in [0.5, 0.6) is 5.75 Å². The number of benzene rings is 1. The quantitative estimate of drug-likeness (QED) is 0.879. The van der Waals surface area contributed by atoms with E-state index < -0.39 is 6.09 Å². The van der Waals surface area contributed by atoms with E-state index in [1.54, 1.807) is 31.4 Å². The Bertz CT molecular complexity index is 419. The summed E-state index contributed by atoms with van der Waals surface area (Å²) in [7, 11) is 1.60. The molecule has 2 unspecified atom stereocenters. The number of methoxy groups -OCH3 is 1. The Hall–Kier alpha value is -1.75. The number of ether oxygens (including phenoxy) is 2. The fourth-order valence-electron chi connectivity index (χ4n) is 2.26. The van der Waals surface area contributed by atoms with Gasteiger partial charge >= 0.3 is 6.09 Å². The molecule has 5 heteroatoms. The van der Waals surface area contributed by atoms with Crippen LogP contribution < -0.4 is 15.8 Å². The summed E-state index contributed by atoms with van der Waals surface area (Å²) in [4.78, 5) is 11.7. The van der Waals surface area contributed by atoms with Crippen molar-refractivity contribution in [3.63, 3.8) is 0 Å². The number of amides is 1. The van der Waals surface area contributed by atoms with E-state index in [0.29, 0.717) is 5.69 Å². The lowest BCUT2D eigenvalue weighted by Gasteiger charge is -2.26. The van der Waals surface area contributed by atoms with E-state index in [2.05, 4.69) is 5.32 Å². The lowest BCUT2D eigenvalue weighted by molar-refractivity contribution is 0.0811. The molecule has 1 saturated carbocycles. The zero-order valence-electron chi connectivity index (χ0n) is 11.1. The Morgan fingerprint density at radius 1 is 1.32 bits per heavy atom. The van der Waals surface area contributed by atoms with Gasteiger partial charge in [0.05, 0.1) is 7.11 Å². The standard InChI is InChI=1S/C14H20N2O3/c1-18-12-7-5-11(6-8-12)16-14(17)19-13-4-2-3-10(15)9-13/h5-8,10,13H,2-4,9,15H2,1H3,(H,16,17). The van der Waals surface area contributed by atoms with Crippen molar-refractivity contribution in [2.75, 3.05) is 12.4 Å². The lowest BCUT2D eigenvalue weighted by atomic mass is 9.94. The van der Waals surface area contributed by atoms with E-state index in [-0.39, 0.29) is 12.1 Å². The summed E-state index contributed by atoms with van der Waals surface area (Å²) in [6.45, 7) is 0. The number of rotatable bonds is 3. The molecule has 2 rings (SSSR count). The zero-order valence-corrected chi connectivity index (χ0v) is 11.1. The maximum Gasteiger partial charge on any atom is 0.411 e. The number of hydrogen-bond acceptors (Lipinski definition) is 4. The molecule has 0 radical (unpaired) electrons. The first-order valence-corrected chi connectivity index (χ1v) is 6.54. The van der Waals surface area contributed by atoms with Gasteiger partial charge in [0.25, 0.3) is 0 Å². The van der Waals surface area contributed by atoms with Crippen LogP contribution in [0, 0.1) is 0 Å². The first-order chi connectivity index (χ1) is 9.17. The maximum atomic E-state index is 11.7. The van der Waals surface area contributed by atoms with Gasteiger partial charge in [-0.1, -0.05) is 0 Å². The van der Waals surface area contributed by atoms with Crippen LogP contribution >= 0.6 is 0 Å². The van der Waals surface area contributed by atoms with Gasteiger partial charge in [-0.3, -0.25) is 5.32 Å². The van der Waals surface area contributed by atoms with Gasteiger partial charge in [0.15, 0.2) is 0 Å². The molecule has 1 amide bonds. The van der Waals surface area contributed by atoms with Crippen molar-refractivity contribution in [1.29, 1.82) is 0 Å². The highest BCUT2D eigenvalue weighted by atomic mass is 16.6. The monoisotopic (exact) mass is 264 g/mol. The highest BCUT2D eigenvalue weighted by Crippen LogP contribution is 2.21. The van der Waals surface area contributed by atoms with Crippen LogP contribution in [-0.4, -0.2) is 25.3 Å². The molecule has 0 aromatic heterocycles. The fourth-order valence-corrected chi connectivity index (χ4v) is 2.26. The fraction of sp³-hybridized carbons (Fsp3) is 0.500. The number of carbonyl (C=O) groups excluding carboxylic acids is 1. The second-order valence-electron chi connectivity index (χ2n) is 4.81. The predicted octanol–water partition coefficient (Wildman–Crippen LogP) is 2.51. The number of carbonyl (C=O) groups is 1. The average Bonchev–Trinajstić information content (AvgIpc) is 2.39. The molecule has 0 bridgehead atoms. The van der Waals surface area contributed by atoms with Crippen molar-refractivity contribution in [2.45, 2.75) is 37.8 Å². The van der Waals surface area contributed by atoms with Gasteiger partial charge in [-0.15, -0.1) is 0 Å². The van der Waals surface area contributed by atoms with Gasteiger partial charge in [0.2, 0.25) is 0 Å². The molecule has 1 aliphatic carbocycles. The van der Waals surface area contributed by atoms with Crippen molar-refractivity contribution in [3.8, 4) is 5.75 Å². The van der Waals surface area contributed by atoms with Crippen molar-refractivity contribution in [2.24, 2.45) is 5.73 Å². The maximum absolute atomic E-state index is 11.7. The second-order valence-corrected chi connectivity index (χ2v) is 4.81. The number of nitrogens with one attached hydrogen (secondary N) is 1. The molecule has 1 aromatic carbocycles. The molecule has 5 nitrogen and oxygen atoms in total. The average molecular weight is 264 g/mol. The smallest absolute Gasteiger partial charge is 0.411 e. The Labute approximate surface area is 113 Å². The lowest BCUT2D eigenvalue weighted by Crippen LogP contribution is -2.34. The van der Waals surface area contributed by atoms with Gasteiger partial charge < -0.3 is 15.2 Å². The Morgan fingerprint density at radius 3 is 2.68 bits per heavy atom. The molecule has 0 heterocycles. The van der Waals surface area contributed by atoms with Crippen LogP contribution in [0.25, 0.3) is 0 Å². The minimum atomic E-state index is -0.427. The third kappa shape index (κ3) is 4.13. The molecule has 104 valence electrons. The Kier molecular flexibility index (Phi) is 4.63. The largest absolute Gasteiger partial charge is 0.497 e. The third-order valence-electron chi connectivity index (χ3n) is 3.28. The van der Waals surface area contributed by atoms with E-state index in [0.717, 1.165) is 31.4 Å². The third-order valence-corrected chi connectivity index (χ3v) is 3.28. The van der Waals surface area contributed by atoms with Crippen LogP contribution in [0.1, 0.15) is 25.7 Å². The first-order valence-electron chi connectivity index (χ1n) is 6.54. The van der Waals surface area contributed by atoms with E-state index in [1.807, 2.05) is 0 Å². The molecule has 19 heavy (non-hydrogen) atoms. The molecule has 0 saturated heterocycles. The molecular weight excluding hydrogens is 244 g/mol. The van der Waals surface area contributed by atoms with Crippen LogP contribution in [0.2, 0.25) is 0 Å². The van der Waals surface area contributed by atoms with Gasteiger partial charge in [0.1, 0.15) is 11.9 Å². The molecule has 0 aliphatic heterocycles. The van der Waals surface area contributed by atoms with Gasteiger partial charge in [-0.25, -0.2) is 4.79 Å². The van der Waals surface area contributed by atoms with Gasteiger partial charge in [0, 0.05) is 11.7 Å². The number of anilines is 1. The van der Waals surface area contributed by atoms with Gasteiger partial charge in [-0.05, 0) is 49.9 Å². The summed E-state index contributed by atoms with van der Waals surface area (Å²) in [6.07, 6.45) is 3.17. The van der Waals surface area contributed by atoms with E-state index >= 15 is 0 Å². The van der Waals surface area contributed by atoms with Crippen molar-refractivity contribution < 1.29 is 14.3 Å². The normalized spacial score (nSPS) is 22.6. The van der Waals surface area contributed by atoms with Crippen LogP contribution in [0.3, 0.4) is 0 Å². The Morgan fingerprint density at radius 2 is 2.05 bits per heavy atom. The predicted molar refractivity (Wildman–Crippen MR) is 73.3 cm³/mol. The highest BCUT2D eigenvalue weighted by Gasteiger charge is 2.22. The summed E-state index contributed by atoms with van der Waals surface area (Å²) >= 11 is 0. The molecule has 0 spiro atoms. The summed E-state index contributed by atoms with van der Waals surface area (Å²) in [5, 5.41) is 2.70. The van der Waals surface area contributed by atoms with Crippen LogP contribution in [0.15, 0.2) is 24.3 Å². The summed E-state index contributed by atoms with van der Waals surface area (Å²) < 4.78 is 10.4. The summed E-state index contributed by atoms with van der Waals surface area (Å²) in [5.74, 6) is 0.747. The topological polar surface area (TPSA) is 73.6 Å². The molecule has 1 fully saturated rings. The first kappa shape index (κ1) is 13.7. The minimum absolute atomic E-state index is 0.0676. The second kappa shape index (κ2) is 6.43. The van der Waals surface area contributed by atoms with Crippen molar-refractivity contribution >= 4 is 11.8 Å². The van der Waals surface area contributed by atoms with E-state index in [4.69, 9.17) is 15.2 Å². The number of nitrogens with two attached hydrogens (primary N) is 1. The summed E-state index contributed by atoms with van der Waals surface area (Å²) in [5.41, 5.74) is 6.55. The number of hydrogen-bond donors (Lipinski definition) is 2. The Balaban J connectivity index is 1.83.